The number of nitriles is 1. The Kier molecular flexibility index (Phi) is 3.71. The number of hydrogen-bond acceptors (Lipinski definition) is 6. The summed E-state index contributed by atoms with van der Waals surface area (Å²) in [5.74, 6) is 1.71. The van der Waals surface area contributed by atoms with Gasteiger partial charge in [0.25, 0.3) is 0 Å². The van der Waals surface area contributed by atoms with E-state index in [1.165, 1.54) is 0 Å². The second-order valence-corrected chi connectivity index (χ2v) is 4.87. The number of nitrogens with one attached hydrogen (secondary N) is 1. The van der Waals surface area contributed by atoms with Gasteiger partial charge in [-0.15, -0.1) is 0 Å². The molecule has 6 heteroatoms. The Labute approximate surface area is 128 Å². The van der Waals surface area contributed by atoms with Gasteiger partial charge in [0.05, 0.1) is 18.9 Å². The summed E-state index contributed by atoms with van der Waals surface area (Å²) in [5, 5.41) is 12.3. The van der Waals surface area contributed by atoms with Crippen LogP contribution in [0, 0.1) is 11.3 Å². The summed E-state index contributed by atoms with van der Waals surface area (Å²) in [5.41, 5.74) is 8.56. The number of nitrogen functional groups attached to an aromatic ring is 1. The number of nitrogens with two attached hydrogens (primary N) is 1. The van der Waals surface area contributed by atoms with Crippen molar-refractivity contribution in [1.82, 2.24) is 4.98 Å². The van der Waals surface area contributed by atoms with Crippen molar-refractivity contribution >= 4 is 17.2 Å². The number of benzene rings is 1. The molecular formula is C16H16N4O2. The minimum absolute atomic E-state index is 0.247. The molecule has 0 bridgehead atoms. The Hall–Kier alpha value is -2.94. The van der Waals surface area contributed by atoms with E-state index in [0.29, 0.717) is 18.1 Å². The number of nitrogens with zero attached hydrogens (tertiary/aromatic N) is 2. The molecule has 0 amide bonds. The molecule has 1 aromatic heterocycles. The summed E-state index contributed by atoms with van der Waals surface area (Å²) in [4.78, 5) is 4.32. The molecule has 1 aliphatic heterocycles. The van der Waals surface area contributed by atoms with Crippen molar-refractivity contribution in [2.24, 2.45) is 0 Å². The Morgan fingerprint density at radius 1 is 1.45 bits per heavy atom. The number of fused-ring (bicyclic) bond motifs is 1. The molecule has 0 aliphatic carbocycles. The van der Waals surface area contributed by atoms with E-state index >= 15 is 0 Å². The van der Waals surface area contributed by atoms with Gasteiger partial charge in [-0.25, -0.2) is 0 Å². The predicted octanol–water partition coefficient (Wildman–Crippen LogP) is 2.61. The Bertz CT molecular complexity index is 753. The molecule has 0 spiro atoms. The van der Waals surface area contributed by atoms with E-state index in [-0.39, 0.29) is 11.4 Å². The van der Waals surface area contributed by atoms with Crippen molar-refractivity contribution in [3.8, 4) is 17.7 Å². The molecule has 1 aliphatic rings. The van der Waals surface area contributed by atoms with Crippen molar-refractivity contribution in [2.75, 3.05) is 24.3 Å². The van der Waals surface area contributed by atoms with Gasteiger partial charge in [-0.2, -0.15) is 10.2 Å². The number of anilines is 3. The van der Waals surface area contributed by atoms with Crippen LogP contribution in [0.2, 0.25) is 0 Å². The van der Waals surface area contributed by atoms with Crippen LogP contribution in [0.25, 0.3) is 0 Å². The van der Waals surface area contributed by atoms with E-state index in [1.807, 2.05) is 31.2 Å². The summed E-state index contributed by atoms with van der Waals surface area (Å²) in [6, 6.07) is 9.52. The van der Waals surface area contributed by atoms with Gasteiger partial charge in [0.2, 0.25) is 5.88 Å². The third-order valence-corrected chi connectivity index (χ3v) is 3.37. The van der Waals surface area contributed by atoms with Crippen LogP contribution in [0.1, 0.15) is 18.1 Å². The molecule has 3 N–H and O–H groups in total. The normalized spacial score (nSPS) is 12.2. The number of ether oxygens (including phenoxy) is 2. The number of pyridine rings is 1. The van der Waals surface area contributed by atoms with E-state index in [4.69, 9.17) is 20.5 Å². The molecule has 6 nitrogen and oxygen atoms in total. The highest BCUT2D eigenvalue weighted by Gasteiger charge is 2.14. The smallest absolute Gasteiger partial charge is 0.235 e. The minimum Gasteiger partial charge on any atom is -0.493 e. The third-order valence-electron chi connectivity index (χ3n) is 3.37. The Morgan fingerprint density at radius 3 is 3.09 bits per heavy atom. The highest BCUT2D eigenvalue weighted by Crippen LogP contribution is 2.31. The zero-order chi connectivity index (χ0) is 15.5. The second kappa shape index (κ2) is 5.82. The lowest BCUT2D eigenvalue weighted by atomic mass is 10.1. The van der Waals surface area contributed by atoms with Crippen LogP contribution in [0.15, 0.2) is 24.3 Å². The first-order valence-corrected chi connectivity index (χ1v) is 7.07. The molecule has 0 atom stereocenters. The van der Waals surface area contributed by atoms with Gasteiger partial charge in [0.1, 0.15) is 23.2 Å². The molecule has 0 saturated heterocycles. The summed E-state index contributed by atoms with van der Waals surface area (Å²) < 4.78 is 10.9. The van der Waals surface area contributed by atoms with Crippen molar-refractivity contribution < 1.29 is 9.47 Å². The van der Waals surface area contributed by atoms with Gasteiger partial charge < -0.3 is 20.5 Å². The van der Waals surface area contributed by atoms with Gasteiger partial charge in [-0.1, -0.05) is 0 Å². The van der Waals surface area contributed by atoms with Gasteiger partial charge in [-0.3, -0.25) is 0 Å². The lowest BCUT2D eigenvalue weighted by Gasteiger charge is -2.11. The maximum absolute atomic E-state index is 9.13. The maximum atomic E-state index is 9.13. The fourth-order valence-electron chi connectivity index (χ4n) is 2.37. The van der Waals surface area contributed by atoms with Crippen LogP contribution in [0.3, 0.4) is 0 Å². The zero-order valence-electron chi connectivity index (χ0n) is 12.2. The highest BCUT2D eigenvalue weighted by atomic mass is 16.5. The number of rotatable bonds is 4. The summed E-state index contributed by atoms with van der Waals surface area (Å²) in [7, 11) is 0. The first-order chi connectivity index (χ1) is 10.7. The Balaban J connectivity index is 1.90. The van der Waals surface area contributed by atoms with Gasteiger partial charge in [0.15, 0.2) is 0 Å². The van der Waals surface area contributed by atoms with Gasteiger partial charge >= 0.3 is 0 Å². The molecule has 1 aromatic carbocycles. The SMILES string of the molecule is CCOc1nc(Nc2ccc3c(c2)CCO3)cc(N)c1C#N. The van der Waals surface area contributed by atoms with E-state index < -0.39 is 0 Å². The molecule has 112 valence electrons. The molecular weight excluding hydrogens is 280 g/mol. The monoisotopic (exact) mass is 296 g/mol. The predicted molar refractivity (Wildman–Crippen MR) is 83.5 cm³/mol. The molecule has 0 saturated carbocycles. The molecule has 0 unspecified atom stereocenters. The first-order valence-electron chi connectivity index (χ1n) is 7.07. The number of hydrogen-bond donors (Lipinski definition) is 2. The van der Waals surface area contributed by atoms with Gasteiger partial charge in [0, 0.05) is 18.2 Å². The van der Waals surface area contributed by atoms with E-state index in [1.54, 1.807) is 6.07 Å². The minimum atomic E-state index is 0.247. The average Bonchev–Trinajstić information content (AvgIpc) is 2.95. The van der Waals surface area contributed by atoms with Crippen molar-refractivity contribution in [3.63, 3.8) is 0 Å². The summed E-state index contributed by atoms with van der Waals surface area (Å²) >= 11 is 0. The Morgan fingerprint density at radius 2 is 2.32 bits per heavy atom. The van der Waals surface area contributed by atoms with Crippen molar-refractivity contribution in [3.05, 3.63) is 35.4 Å². The van der Waals surface area contributed by atoms with Crippen LogP contribution in [-0.4, -0.2) is 18.2 Å². The molecule has 2 aromatic rings. The lowest BCUT2D eigenvalue weighted by molar-refractivity contribution is 0.326. The maximum Gasteiger partial charge on any atom is 0.235 e. The largest absolute Gasteiger partial charge is 0.493 e. The summed E-state index contributed by atoms with van der Waals surface area (Å²) in [6.07, 6.45) is 0.901. The van der Waals surface area contributed by atoms with Crippen molar-refractivity contribution in [2.45, 2.75) is 13.3 Å². The van der Waals surface area contributed by atoms with Crippen LogP contribution < -0.4 is 20.5 Å². The molecule has 2 heterocycles. The van der Waals surface area contributed by atoms with E-state index in [0.717, 1.165) is 30.0 Å². The average molecular weight is 296 g/mol. The van der Waals surface area contributed by atoms with E-state index in [9.17, 15) is 0 Å². The fraction of sp³-hybridized carbons (Fsp3) is 0.250. The summed E-state index contributed by atoms with van der Waals surface area (Å²) in [6.45, 7) is 2.97. The number of aromatic nitrogens is 1. The van der Waals surface area contributed by atoms with Crippen LogP contribution >= 0.6 is 0 Å². The molecule has 0 fully saturated rings. The molecule has 0 radical (unpaired) electrons. The highest BCUT2D eigenvalue weighted by molar-refractivity contribution is 5.68. The van der Waals surface area contributed by atoms with E-state index in [2.05, 4.69) is 10.3 Å². The van der Waals surface area contributed by atoms with Crippen molar-refractivity contribution in [1.29, 1.82) is 5.26 Å². The van der Waals surface area contributed by atoms with Crippen LogP contribution in [0.4, 0.5) is 17.2 Å². The van der Waals surface area contributed by atoms with Crippen LogP contribution in [0.5, 0.6) is 11.6 Å². The lowest BCUT2D eigenvalue weighted by Crippen LogP contribution is -2.04. The third kappa shape index (κ3) is 2.61. The van der Waals surface area contributed by atoms with Gasteiger partial charge in [-0.05, 0) is 30.7 Å². The topological polar surface area (TPSA) is 93.2 Å². The zero-order valence-corrected chi connectivity index (χ0v) is 12.2. The second-order valence-electron chi connectivity index (χ2n) is 4.87. The standard InChI is InChI=1S/C16H16N4O2/c1-2-21-16-12(9-17)13(18)8-15(20-16)19-11-3-4-14-10(7-11)5-6-22-14/h3-4,7-8H,2,5-6H2,1H3,(H3,18,19,20). The fourth-order valence-corrected chi connectivity index (χ4v) is 2.37. The molecule has 3 rings (SSSR count). The quantitative estimate of drug-likeness (QED) is 0.900. The molecule has 22 heavy (non-hydrogen) atoms. The first kappa shape index (κ1) is 14.0. The van der Waals surface area contributed by atoms with Crippen LogP contribution in [-0.2, 0) is 6.42 Å².